The molecule has 0 radical (unpaired) electrons. The van der Waals surface area contributed by atoms with Crippen molar-refractivity contribution in [1.29, 1.82) is 0 Å². The molecule has 0 saturated carbocycles. The molecule has 0 fully saturated rings. The van der Waals surface area contributed by atoms with E-state index in [1.54, 1.807) is 0 Å². The monoisotopic (exact) mass is 272 g/mol. The number of aryl methyl sites for hydroxylation is 1. The summed E-state index contributed by atoms with van der Waals surface area (Å²) in [5.74, 6) is 1.02. The minimum atomic E-state index is 0.719. The van der Waals surface area contributed by atoms with E-state index in [0.717, 1.165) is 39.2 Å². The number of nitrogens with one attached hydrogen (secondary N) is 1. The Kier molecular flexibility index (Phi) is 2.79. The van der Waals surface area contributed by atoms with Crippen LogP contribution in [-0.2, 0) is 6.42 Å². The van der Waals surface area contributed by atoms with Gasteiger partial charge in [-0.25, -0.2) is 4.98 Å². The zero-order valence-corrected chi connectivity index (χ0v) is 10.1. The molecule has 4 heteroatoms. The summed E-state index contributed by atoms with van der Waals surface area (Å²) in [5, 5.41) is 0.719. The van der Waals surface area contributed by atoms with Crippen molar-refractivity contribution < 1.29 is 0 Å². The van der Waals surface area contributed by atoms with Gasteiger partial charge in [0.2, 0.25) is 0 Å². The predicted octanol–water partition coefficient (Wildman–Crippen LogP) is 3.93. The minimum absolute atomic E-state index is 0.719. The molecule has 1 N–H and O–H groups in total. The minimum Gasteiger partial charge on any atom is -0.342 e. The molecule has 1 heterocycles. The van der Waals surface area contributed by atoms with Gasteiger partial charge in [-0.15, -0.1) is 0 Å². The van der Waals surface area contributed by atoms with Gasteiger partial charge in [-0.1, -0.05) is 18.5 Å². The number of benzene rings is 1. The van der Waals surface area contributed by atoms with Crippen LogP contribution in [0.1, 0.15) is 19.2 Å². The van der Waals surface area contributed by atoms with E-state index in [9.17, 15) is 0 Å². The maximum Gasteiger partial charge on any atom is 0.107 e. The van der Waals surface area contributed by atoms with Crippen LogP contribution in [0.15, 0.2) is 16.6 Å². The number of halogens is 2. The van der Waals surface area contributed by atoms with E-state index in [4.69, 9.17) is 11.6 Å². The fraction of sp³-hybridized carbons (Fsp3) is 0.300. The van der Waals surface area contributed by atoms with Gasteiger partial charge in [0.05, 0.1) is 5.52 Å². The van der Waals surface area contributed by atoms with Gasteiger partial charge in [-0.3, -0.25) is 0 Å². The van der Waals surface area contributed by atoms with Crippen LogP contribution in [0.4, 0.5) is 0 Å². The van der Waals surface area contributed by atoms with Crippen LogP contribution < -0.4 is 0 Å². The maximum absolute atomic E-state index is 5.93. The highest BCUT2D eigenvalue weighted by atomic mass is 79.9. The van der Waals surface area contributed by atoms with Gasteiger partial charge in [-0.05, 0) is 34.5 Å². The molecule has 0 aliphatic rings. The van der Waals surface area contributed by atoms with Crippen LogP contribution in [0.2, 0.25) is 5.02 Å². The van der Waals surface area contributed by atoms with Crippen molar-refractivity contribution in [3.8, 4) is 0 Å². The number of imidazole rings is 1. The van der Waals surface area contributed by atoms with Crippen LogP contribution in [-0.4, -0.2) is 9.97 Å². The van der Waals surface area contributed by atoms with Crippen LogP contribution >= 0.6 is 27.5 Å². The van der Waals surface area contributed by atoms with E-state index >= 15 is 0 Å². The molecular weight excluding hydrogens is 263 g/mol. The Bertz CT molecular complexity index is 464. The summed E-state index contributed by atoms with van der Waals surface area (Å²) >= 11 is 9.38. The first-order chi connectivity index (χ1) is 6.70. The number of H-pyrrole nitrogens is 1. The second-order valence-electron chi connectivity index (χ2n) is 3.22. The average molecular weight is 274 g/mol. The summed E-state index contributed by atoms with van der Waals surface area (Å²) < 4.78 is 0.943. The molecule has 2 nitrogen and oxygen atoms in total. The molecule has 1 aromatic heterocycles. The summed E-state index contributed by atoms with van der Waals surface area (Å²) in [6.45, 7) is 2.13. The van der Waals surface area contributed by atoms with Gasteiger partial charge in [-0.2, -0.15) is 0 Å². The number of nitrogens with zero attached hydrogens (tertiary/aromatic N) is 1. The van der Waals surface area contributed by atoms with Gasteiger partial charge in [0.25, 0.3) is 0 Å². The fourth-order valence-electron chi connectivity index (χ4n) is 1.45. The first kappa shape index (κ1) is 9.99. The maximum atomic E-state index is 5.93. The summed E-state index contributed by atoms with van der Waals surface area (Å²) in [6, 6.07) is 3.76. The highest BCUT2D eigenvalue weighted by Crippen LogP contribution is 2.26. The van der Waals surface area contributed by atoms with Crippen molar-refractivity contribution in [2.24, 2.45) is 0 Å². The molecule has 0 aliphatic carbocycles. The van der Waals surface area contributed by atoms with Crippen molar-refractivity contribution in [2.75, 3.05) is 0 Å². The van der Waals surface area contributed by atoms with Gasteiger partial charge >= 0.3 is 0 Å². The third-order valence-corrected chi connectivity index (χ3v) is 2.86. The Balaban J connectivity index is 2.58. The van der Waals surface area contributed by atoms with Crippen LogP contribution in [0.5, 0.6) is 0 Å². The molecule has 0 saturated heterocycles. The largest absolute Gasteiger partial charge is 0.342 e. The predicted molar refractivity (Wildman–Crippen MR) is 62.8 cm³/mol. The molecule has 0 bridgehead atoms. The molecule has 0 aliphatic heterocycles. The molecule has 0 spiro atoms. The van der Waals surface area contributed by atoms with Crippen LogP contribution in [0, 0.1) is 0 Å². The Morgan fingerprint density at radius 2 is 2.29 bits per heavy atom. The first-order valence-corrected chi connectivity index (χ1v) is 5.71. The Morgan fingerprint density at radius 1 is 1.50 bits per heavy atom. The third kappa shape index (κ3) is 1.79. The lowest BCUT2D eigenvalue weighted by atomic mass is 10.3. The molecule has 74 valence electrons. The molecule has 0 atom stereocenters. The highest BCUT2D eigenvalue weighted by Gasteiger charge is 2.06. The number of aromatic amines is 1. The van der Waals surface area contributed by atoms with Gasteiger partial charge in [0.15, 0.2) is 0 Å². The van der Waals surface area contributed by atoms with Gasteiger partial charge in [0, 0.05) is 15.9 Å². The number of hydrogen-bond acceptors (Lipinski definition) is 1. The quantitative estimate of drug-likeness (QED) is 0.882. The Morgan fingerprint density at radius 3 is 3.00 bits per heavy atom. The average Bonchev–Trinajstić information content (AvgIpc) is 2.48. The zero-order valence-electron chi connectivity index (χ0n) is 7.77. The topological polar surface area (TPSA) is 28.7 Å². The lowest BCUT2D eigenvalue weighted by molar-refractivity contribution is 0.861. The first-order valence-electron chi connectivity index (χ1n) is 4.54. The smallest absolute Gasteiger partial charge is 0.107 e. The molecule has 2 aromatic rings. The molecule has 14 heavy (non-hydrogen) atoms. The molecule has 0 unspecified atom stereocenters. The van der Waals surface area contributed by atoms with Gasteiger partial charge in [0.1, 0.15) is 11.3 Å². The van der Waals surface area contributed by atoms with Crippen LogP contribution in [0.3, 0.4) is 0 Å². The molecule has 0 amide bonds. The van der Waals surface area contributed by atoms with E-state index in [1.807, 2.05) is 12.1 Å². The number of hydrogen-bond donors (Lipinski definition) is 1. The summed E-state index contributed by atoms with van der Waals surface area (Å²) in [6.07, 6.45) is 2.06. The van der Waals surface area contributed by atoms with Crippen molar-refractivity contribution in [3.63, 3.8) is 0 Å². The lowest BCUT2D eigenvalue weighted by Gasteiger charge is -1.92. The second-order valence-corrected chi connectivity index (χ2v) is 4.51. The van der Waals surface area contributed by atoms with E-state index in [-0.39, 0.29) is 0 Å². The van der Waals surface area contributed by atoms with E-state index in [0.29, 0.717) is 0 Å². The Labute approximate surface area is 95.8 Å². The number of rotatable bonds is 2. The third-order valence-electron chi connectivity index (χ3n) is 2.04. The second kappa shape index (κ2) is 3.91. The number of aromatic nitrogens is 2. The van der Waals surface area contributed by atoms with Crippen molar-refractivity contribution in [3.05, 3.63) is 27.5 Å². The standard InChI is InChI=1S/C10H10BrClN2/c1-2-3-9-13-8-5-6(12)4-7(11)10(8)14-9/h4-5H,2-3H2,1H3,(H,13,14). The Hall–Kier alpha value is -0.540. The van der Waals surface area contributed by atoms with Crippen molar-refractivity contribution in [1.82, 2.24) is 9.97 Å². The zero-order chi connectivity index (χ0) is 10.1. The highest BCUT2D eigenvalue weighted by molar-refractivity contribution is 9.10. The summed E-state index contributed by atoms with van der Waals surface area (Å²) in [7, 11) is 0. The normalized spacial score (nSPS) is 11.1. The molecule has 1 aromatic carbocycles. The lowest BCUT2D eigenvalue weighted by Crippen LogP contribution is -1.84. The van der Waals surface area contributed by atoms with Crippen molar-refractivity contribution >= 4 is 38.6 Å². The van der Waals surface area contributed by atoms with Crippen LogP contribution in [0.25, 0.3) is 11.0 Å². The number of fused-ring (bicyclic) bond motifs is 1. The van der Waals surface area contributed by atoms with E-state index < -0.39 is 0 Å². The van der Waals surface area contributed by atoms with Gasteiger partial charge < -0.3 is 4.98 Å². The molecular formula is C10H10BrClN2. The fourth-order valence-corrected chi connectivity index (χ4v) is 2.35. The SMILES string of the molecule is CCCc1nc2c(Br)cc(Cl)cc2[nH]1. The van der Waals surface area contributed by atoms with E-state index in [2.05, 4.69) is 32.8 Å². The molecule has 2 rings (SSSR count). The summed E-state index contributed by atoms with van der Waals surface area (Å²) in [4.78, 5) is 7.73. The van der Waals surface area contributed by atoms with E-state index in [1.165, 1.54) is 0 Å². The van der Waals surface area contributed by atoms with Crippen molar-refractivity contribution in [2.45, 2.75) is 19.8 Å². The summed E-state index contributed by atoms with van der Waals surface area (Å²) in [5.41, 5.74) is 1.95.